The van der Waals surface area contributed by atoms with E-state index in [4.69, 9.17) is 192 Å². The fourth-order valence-corrected chi connectivity index (χ4v) is 19.9. The highest BCUT2D eigenvalue weighted by Crippen LogP contribution is 2.75. The van der Waals surface area contributed by atoms with Gasteiger partial charge in [0.05, 0.1) is 118 Å². The number of aliphatic hydroxyl groups is 2. The minimum atomic E-state index is -3.91. The maximum absolute atomic E-state index is 12.9. The largest absolute Gasteiger partial charge is 0.857 e. The first kappa shape index (κ1) is 93.2. The Hall–Kier alpha value is 1.86. The van der Waals surface area contributed by atoms with Gasteiger partial charge in [-0.05, 0) is 69.7 Å². The van der Waals surface area contributed by atoms with Gasteiger partial charge in [0.1, 0.15) is 80.3 Å². The van der Waals surface area contributed by atoms with Crippen molar-refractivity contribution in [2.75, 3.05) is 124 Å². The summed E-state index contributed by atoms with van der Waals surface area (Å²) < 4.78 is 150. The molecule has 29 nitrogen and oxygen atoms in total. The highest BCUT2D eigenvalue weighted by atomic mass is 32.7. The van der Waals surface area contributed by atoms with E-state index < -0.39 is 102 Å². The van der Waals surface area contributed by atoms with Crippen LogP contribution in [0.15, 0.2) is 0 Å². The van der Waals surface area contributed by atoms with Gasteiger partial charge in [-0.15, -0.1) is 25.3 Å². The Labute approximate surface area is 617 Å². The van der Waals surface area contributed by atoms with Crippen LogP contribution >= 0.6 is 58.0 Å². The van der Waals surface area contributed by atoms with E-state index in [2.05, 4.69) is 25.3 Å². The molecule has 9 rings (SSSR count). The number of thiol groups is 2. The normalized spacial score (nSPS) is 41.5. The molecule has 9 fully saturated rings. The van der Waals surface area contributed by atoms with Gasteiger partial charge in [0.2, 0.25) is 0 Å². The topological polar surface area (TPSA) is 333 Å². The smallest absolute Gasteiger partial charge is 0.475 e. The first-order valence-corrected chi connectivity index (χ1v) is 39.3. The second kappa shape index (κ2) is 44.6. The number of rotatable bonds is 31. The van der Waals surface area contributed by atoms with E-state index in [9.17, 15) is 19.1 Å². The van der Waals surface area contributed by atoms with Gasteiger partial charge in [-0.25, -0.2) is 9.13 Å². The van der Waals surface area contributed by atoms with Crippen molar-refractivity contribution in [2.45, 2.75) is 200 Å². The zero-order valence-electron chi connectivity index (χ0n) is 57.8. The van der Waals surface area contributed by atoms with Gasteiger partial charge in [-0.2, -0.15) is 7.11 Å². The van der Waals surface area contributed by atoms with Crippen molar-refractivity contribution in [3.8, 4) is 0 Å². The number of phosphoric ester groups is 1. The van der Waals surface area contributed by atoms with E-state index in [0.717, 1.165) is 24.9 Å². The lowest BCUT2D eigenvalue weighted by atomic mass is 9.51. The fraction of sp³-hybridized carbons (Fsp3) is 1.00. The third-order valence-corrected chi connectivity index (χ3v) is 24.8. The van der Waals surface area contributed by atoms with Crippen LogP contribution in [0.2, 0.25) is 0 Å². The van der Waals surface area contributed by atoms with Crippen LogP contribution in [-0.2, 0) is 128 Å². The molecule has 99 heavy (non-hydrogen) atoms. The summed E-state index contributed by atoms with van der Waals surface area (Å²) in [4.78, 5) is 9.60. The van der Waals surface area contributed by atoms with Crippen LogP contribution < -0.4 is 10.00 Å². The van der Waals surface area contributed by atoms with Crippen LogP contribution in [0.1, 0.15) is 58.3 Å². The minimum Gasteiger partial charge on any atom is -0.857 e. The van der Waals surface area contributed by atoms with Crippen LogP contribution in [0, 0.1) is 0 Å². The van der Waals surface area contributed by atoms with Crippen molar-refractivity contribution in [3.05, 3.63) is 0 Å². The zero-order valence-corrected chi connectivity index (χ0v) is 63.9. The van der Waals surface area contributed by atoms with E-state index in [1.165, 1.54) is 57.1 Å². The molecule has 9 aliphatic rings. The minimum absolute atomic E-state index is 0.0111. The summed E-state index contributed by atoms with van der Waals surface area (Å²) >= 11 is 14.6. The van der Waals surface area contributed by atoms with Gasteiger partial charge in [0.25, 0.3) is 0 Å². The zero-order chi connectivity index (χ0) is 74.2. The Morgan fingerprint density at radius 3 is 1.42 bits per heavy atom. The van der Waals surface area contributed by atoms with Crippen molar-refractivity contribution in [1.82, 2.24) is 0 Å². The van der Waals surface area contributed by atoms with Crippen molar-refractivity contribution in [3.63, 3.8) is 0 Å². The second-order valence-corrected chi connectivity index (χ2v) is 33.8. The molecular formula is C51H89B12O29P3S4-2. The molecule has 0 aromatic heterocycles. The summed E-state index contributed by atoms with van der Waals surface area (Å²) in [6.07, 6.45) is -0.573. The first-order valence-electron chi connectivity index (χ1n) is 31.4. The molecular weight excluding hydrogens is 1430 g/mol. The van der Waals surface area contributed by atoms with Gasteiger partial charge >= 0.3 is 14.6 Å². The van der Waals surface area contributed by atoms with Crippen molar-refractivity contribution in [1.29, 1.82) is 0 Å². The molecule has 20 radical (unpaired) electrons. The molecule has 0 saturated carbocycles. The number of methoxy groups -OCH3 is 8. The third-order valence-electron chi connectivity index (χ3n) is 16.6. The molecule has 9 aliphatic heterocycles. The molecule has 0 spiro atoms. The Kier molecular flexibility index (Phi) is 42.0. The first-order chi connectivity index (χ1) is 46.8. The number of aliphatic hydroxyl groups excluding tert-OH is 2. The quantitative estimate of drug-likeness (QED) is 0.0311. The number of phosphoric acid groups is 1. The predicted octanol–water partition coefficient (Wildman–Crippen LogP) is -2.72. The highest BCUT2D eigenvalue weighted by molar-refractivity contribution is 8.56. The van der Waals surface area contributed by atoms with Gasteiger partial charge < -0.3 is 105 Å². The maximum atomic E-state index is 12.9. The van der Waals surface area contributed by atoms with Gasteiger partial charge in [0.15, 0.2) is 14.8 Å². The van der Waals surface area contributed by atoms with E-state index in [1.54, 1.807) is 42.5 Å². The summed E-state index contributed by atoms with van der Waals surface area (Å²) in [5.41, 5.74) is -0.843. The van der Waals surface area contributed by atoms with Crippen LogP contribution in [-0.4, -0.2) is 367 Å². The molecule has 0 bridgehead atoms. The fourth-order valence-electron chi connectivity index (χ4n) is 11.7. The molecule has 0 aromatic rings. The molecule has 544 valence electrons. The lowest BCUT2D eigenvalue weighted by Gasteiger charge is -2.37. The molecule has 48 heteroatoms. The predicted molar refractivity (Wildman–Crippen MR) is 381 cm³/mol. The summed E-state index contributed by atoms with van der Waals surface area (Å²) in [7, 11) is 61.0. The van der Waals surface area contributed by atoms with Gasteiger partial charge in [-0.1, -0.05) is 11.8 Å². The number of ether oxygens (including phenoxy) is 16. The highest BCUT2D eigenvalue weighted by Gasteiger charge is 2.62. The van der Waals surface area contributed by atoms with Crippen LogP contribution in [0.25, 0.3) is 0 Å². The lowest BCUT2D eigenvalue weighted by Crippen LogP contribution is -2.42. The van der Waals surface area contributed by atoms with E-state index in [-0.39, 0.29) is 120 Å². The van der Waals surface area contributed by atoms with Crippen molar-refractivity contribution >= 4 is 161 Å². The van der Waals surface area contributed by atoms with Gasteiger partial charge in [-0.3, -0.25) is 22.6 Å². The molecule has 0 amide bonds. The average molecular weight is 1520 g/mol. The average Bonchev–Trinajstić information content (AvgIpc) is 1.59. The van der Waals surface area contributed by atoms with Crippen molar-refractivity contribution in [2.24, 2.45) is 0 Å². The number of hydrogen-bond donors (Lipinski definition) is 4. The number of fused-ring (bicyclic) bond motifs is 1. The molecule has 9 heterocycles. The molecule has 3 unspecified atom stereocenters. The van der Waals surface area contributed by atoms with Crippen molar-refractivity contribution < 1.29 is 137 Å². The third kappa shape index (κ3) is 27.7. The number of hydrogen-bond acceptors (Lipinski definition) is 33. The lowest BCUT2D eigenvalue weighted by molar-refractivity contribution is -0.325. The Balaban J connectivity index is 0.000000271. The summed E-state index contributed by atoms with van der Waals surface area (Å²) in [5.74, 6) is 0. The van der Waals surface area contributed by atoms with E-state index in [0.29, 0.717) is 38.5 Å². The summed E-state index contributed by atoms with van der Waals surface area (Å²) in [6.45, 7) is -4.65. The second-order valence-electron chi connectivity index (χ2n) is 23.8. The Morgan fingerprint density at radius 2 is 0.990 bits per heavy atom. The van der Waals surface area contributed by atoms with Crippen LogP contribution in [0.5, 0.6) is 0 Å². The molecule has 27 atom stereocenters. The van der Waals surface area contributed by atoms with E-state index >= 15 is 0 Å². The SMILES string of the molecule is C[O-].[B][B][C@H]1C[C@@H](OC)[C@@H](CO)O1.[B][B][C@H]1C[C@@H](OC)[C@@H](COP(=O)(OC)O[C@@H]2C[C@H]([B])O[C@]2(S)COC)O1.[B][B][C@H]1C[C@@H](OC)[C@@H](COP([O-])(=S)O[C@@H]2C[C@H]([B])O[C@]2(C)COC)O1.[B][B][C@H]1C[C@@H](OC)[C@@H](COP2(=O)O[C@@H]3C[C@H]([B])O[C@@]3(COC)S2)O1.[B][C@H]1C[C@@H](O)[C@@](S)(COC)O1. The molecule has 2 N–H and O–H groups in total. The molecule has 0 aromatic carbocycles. The molecule has 9 saturated heterocycles. The summed E-state index contributed by atoms with van der Waals surface area (Å²) in [6, 6.07) is -2.85. The Morgan fingerprint density at radius 1 is 0.576 bits per heavy atom. The maximum Gasteiger partial charge on any atom is 0.475 e. The van der Waals surface area contributed by atoms with Crippen LogP contribution in [0.3, 0.4) is 0 Å². The van der Waals surface area contributed by atoms with Crippen LogP contribution in [0.4, 0.5) is 0 Å². The summed E-state index contributed by atoms with van der Waals surface area (Å²) in [5, 5.41) is 26.5. The molecule has 0 aliphatic carbocycles. The standard InChI is InChI=1S/C13H23B3O8PS.C13H23B3O7PS.C12H19B3O7PS.C6H11B2O3.C6H11BO3S.CH3O/c1-18-7-13(26)10(5-11(14)23-13)24-25(17,20-3)21-6-9-8(19-2)4-12(16-15)22-9;1-13(7-18-2)10(5-11(14)22-13)23-24(17,25)20-6-9-8(19-3)4-12(16-15)21-9;1-17-6-12-9(4-10(13)21-12)22-23(16,24-12)19-5-8-7(18-2)3-11(15-14)20-8;1-10-4-2-6(8-7)11-5(4)3-9;1-9-3-6(11)4(8)2-5(7)10-6;1-2/h8-12,26H,4-7H2,1-3H3;8-12H,4-7H2,1-3H3,(H,17,25);7-11H,3-6H2,1-2H3;4-6,9H,2-3H2,1H3;4-5,8,11H,2-3H2,1H3;1H3/q;;;;;-1/p-1/t8-,9-,10-,11-,12-,13+,25?;8-,9-,10-,11-,12-,13-,24?;7-,8-,9-,10-,11-,12+,23?;4-,5-,6-;4-,5-,6+;/m11111./s1. The monoisotopic (exact) mass is 1520 g/mol. The van der Waals surface area contributed by atoms with E-state index in [1.807, 2.05) is 0 Å². The van der Waals surface area contributed by atoms with Gasteiger partial charge in [0, 0.05) is 143 Å². The Bertz CT molecular complexity index is 2450.